The van der Waals surface area contributed by atoms with Crippen LogP contribution in [0.1, 0.15) is 11.8 Å². The first kappa shape index (κ1) is 11.4. The molecule has 0 radical (unpaired) electrons. The molecule has 14 heavy (non-hydrogen) atoms. The van der Waals surface area contributed by atoms with Gasteiger partial charge in [0.15, 0.2) is 0 Å². The van der Waals surface area contributed by atoms with Gasteiger partial charge in [-0.25, -0.2) is 13.1 Å². The van der Waals surface area contributed by atoms with Crippen LogP contribution in [0, 0.1) is 0 Å². The van der Waals surface area contributed by atoms with Gasteiger partial charge in [-0.05, 0) is 18.6 Å². The molecule has 4 nitrogen and oxygen atoms in total. The molecule has 0 atom stereocenters. The Morgan fingerprint density at radius 2 is 2.21 bits per heavy atom. The molecule has 1 N–H and O–H groups in total. The number of aldehydes is 1. The maximum Gasteiger partial charge on any atom is 0.250 e. The molecular formula is C8H11NO3S2. The summed E-state index contributed by atoms with van der Waals surface area (Å²) in [7, 11) is -3.47. The number of thiophene rings is 1. The van der Waals surface area contributed by atoms with Gasteiger partial charge in [-0.15, -0.1) is 11.3 Å². The predicted molar refractivity (Wildman–Crippen MR) is 54.9 cm³/mol. The highest BCUT2D eigenvalue weighted by molar-refractivity contribution is 7.91. The second-order valence-corrected chi connectivity index (χ2v) is 5.75. The Hall–Kier alpha value is -0.720. The summed E-state index contributed by atoms with van der Waals surface area (Å²) >= 11 is 1.22. The number of sulfonamides is 1. The lowest BCUT2D eigenvalue weighted by Crippen LogP contribution is -2.24. The van der Waals surface area contributed by atoms with Gasteiger partial charge >= 0.3 is 0 Å². The second-order valence-electron chi connectivity index (χ2n) is 2.59. The molecule has 0 spiro atoms. The van der Waals surface area contributed by atoms with Crippen LogP contribution in [0.4, 0.5) is 0 Å². The zero-order valence-electron chi connectivity index (χ0n) is 7.69. The Labute approximate surface area is 87.0 Å². The fourth-order valence-corrected chi connectivity index (χ4v) is 3.20. The Morgan fingerprint density at radius 1 is 1.50 bits per heavy atom. The first-order chi connectivity index (χ1) is 6.60. The van der Waals surface area contributed by atoms with Crippen LogP contribution in [-0.4, -0.2) is 21.2 Å². The van der Waals surface area contributed by atoms with E-state index in [9.17, 15) is 13.2 Å². The maximum atomic E-state index is 11.5. The third kappa shape index (κ3) is 2.63. The van der Waals surface area contributed by atoms with E-state index in [0.717, 1.165) is 11.3 Å². The van der Waals surface area contributed by atoms with E-state index in [1.165, 1.54) is 11.3 Å². The smallest absolute Gasteiger partial charge is 0.250 e. The second kappa shape index (κ2) is 4.68. The molecular weight excluding hydrogens is 222 g/mol. The van der Waals surface area contributed by atoms with E-state index < -0.39 is 10.0 Å². The third-order valence-corrected chi connectivity index (χ3v) is 4.75. The van der Waals surface area contributed by atoms with E-state index in [0.29, 0.717) is 6.29 Å². The summed E-state index contributed by atoms with van der Waals surface area (Å²) in [6, 6.07) is 3.33. The molecule has 0 saturated heterocycles. The van der Waals surface area contributed by atoms with Crippen molar-refractivity contribution in [2.75, 3.05) is 6.54 Å². The highest BCUT2D eigenvalue weighted by atomic mass is 32.2. The number of aryl methyl sites for hydroxylation is 1. The minimum Gasteiger partial charge on any atom is -0.302 e. The van der Waals surface area contributed by atoms with Gasteiger partial charge in [0, 0.05) is 4.88 Å². The normalized spacial score (nSPS) is 11.5. The molecule has 0 aromatic carbocycles. The molecule has 6 heteroatoms. The lowest BCUT2D eigenvalue weighted by atomic mass is 10.4. The monoisotopic (exact) mass is 233 g/mol. The van der Waals surface area contributed by atoms with Crippen molar-refractivity contribution in [3.8, 4) is 0 Å². The summed E-state index contributed by atoms with van der Waals surface area (Å²) in [6.45, 7) is 1.78. The van der Waals surface area contributed by atoms with Gasteiger partial charge in [-0.1, -0.05) is 6.92 Å². The Bertz CT molecular complexity index is 408. The molecule has 1 aromatic rings. The van der Waals surface area contributed by atoms with Crippen molar-refractivity contribution in [1.29, 1.82) is 0 Å². The van der Waals surface area contributed by atoms with Crippen molar-refractivity contribution in [2.24, 2.45) is 0 Å². The van der Waals surface area contributed by atoms with Crippen molar-refractivity contribution in [3.05, 3.63) is 17.0 Å². The largest absolute Gasteiger partial charge is 0.302 e. The molecule has 0 aliphatic rings. The fraction of sp³-hybridized carbons (Fsp3) is 0.375. The third-order valence-electron chi connectivity index (χ3n) is 1.61. The average Bonchev–Trinajstić information content (AvgIpc) is 2.63. The minimum absolute atomic E-state index is 0.179. The van der Waals surface area contributed by atoms with Crippen molar-refractivity contribution in [3.63, 3.8) is 0 Å². The zero-order valence-corrected chi connectivity index (χ0v) is 9.32. The average molecular weight is 233 g/mol. The Balaban J connectivity index is 2.86. The van der Waals surface area contributed by atoms with Gasteiger partial charge in [-0.3, -0.25) is 0 Å². The van der Waals surface area contributed by atoms with Crippen LogP contribution in [0.5, 0.6) is 0 Å². The van der Waals surface area contributed by atoms with Gasteiger partial charge in [0.25, 0.3) is 0 Å². The standard InChI is InChI=1S/C8H11NO3S2/c1-2-7-3-4-8(13-7)14(11,12)9-5-6-10/h3-4,6,9H,2,5H2,1H3. The van der Waals surface area contributed by atoms with E-state index in [1.807, 2.05) is 6.92 Å². The Morgan fingerprint density at radius 3 is 2.71 bits per heavy atom. The number of rotatable bonds is 5. The van der Waals surface area contributed by atoms with Crippen molar-refractivity contribution in [1.82, 2.24) is 4.72 Å². The van der Waals surface area contributed by atoms with Crippen LogP contribution >= 0.6 is 11.3 Å². The summed E-state index contributed by atoms with van der Waals surface area (Å²) in [5.41, 5.74) is 0. The van der Waals surface area contributed by atoms with E-state index in [2.05, 4.69) is 4.72 Å². The quantitative estimate of drug-likeness (QED) is 0.765. The van der Waals surface area contributed by atoms with E-state index in [4.69, 9.17) is 0 Å². The summed E-state index contributed by atoms with van der Waals surface area (Å²) in [5, 5.41) is 0. The fourth-order valence-electron chi connectivity index (χ4n) is 0.908. The number of carbonyl (C=O) groups is 1. The molecule has 1 aromatic heterocycles. The van der Waals surface area contributed by atoms with E-state index in [1.54, 1.807) is 12.1 Å². The lowest BCUT2D eigenvalue weighted by molar-refractivity contribution is -0.106. The maximum absolute atomic E-state index is 11.5. The number of hydrogen-bond donors (Lipinski definition) is 1. The number of hydrogen-bond acceptors (Lipinski definition) is 4. The lowest BCUT2D eigenvalue weighted by Gasteiger charge is -1.98. The molecule has 0 fully saturated rings. The van der Waals surface area contributed by atoms with Gasteiger partial charge in [0.2, 0.25) is 10.0 Å². The van der Waals surface area contributed by atoms with Gasteiger partial charge in [0.1, 0.15) is 10.5 Å². The molecule has 78 valence electrons. The van der Waals surface area contributed by atoms with Crippen molar-refractivity contribution >= 4 is 27.6 Å². The molecule has 1 heterocycles. The number of carbonyl (C=O) groups excluding carboxylic acids is 1. The number of nitrogens with one attached hydrogen (secondary N) is 1. The predicted octanol–water partition coefficient (Wildman–Crippen LogP) is 0.788. The van der Waals surface area contributed by atoms with E-state index in [-0.39, 0.29) is 10.8 Å². The van der Waals surface area contributed by atoms with Crippen LogP contribution in [-0.2, 0) is 21.2 Å². The summed E-state index contributed by atoms with van der Waals surface area (Å²) in [6.07, 6.45) is 1.33. The Kier molecular flexibility index (Phi) is 3.79. The SMILES string of the molecule is CCc1ccc(S(=O)(=O)NCC=O)s1. The van der Waals surface area contributed by atoms with Crippen molar-refractivity contribution < 1.29 is 13.2 Å². The molecule has 0 unspecified atom stereocenters. The summed E-state index contributed by atoms with van der Waals surface area (Å²) < 4.78 is 25.4. The molecule has 0 amide bonds. The zero-order chi connectivity index (χ0) is 10.6. The van der Waals surface area contributed by atoms with Gasteiger partial charge in [-0.2, -0.15) is 0 Å². The van der Waals surface area contributed by atoms with Crippen LogP contribution in [0.2, 0.25) is 0 Å². The molecule has 1 rings (SSSR count). The molecule has 0 aliphatic heterocycles. The first-order valence-corrected chi connectivity index (χ1v) is 6.42. The van der Waals surface area contributed by atoms with Crippen molar-refractivity contribution in [2.45, 2.75) is 17.6 Å². The highest BCUT2D eigenvalue weighted by Crippen LogP contribution is 2.21. The minimum atomic E-state index is -3.47. The van der Waals surface area contributed by atoms with Crippen LogP contribution in [0.15, 0.2) is 16.3 Å². The van der Waals surface area contributed by atoms with E-state index >= 15 is 0 Å². The van der Waals surface area contributed by atoms with Crippen LogP contribution in [0.3, 0.4) is 0 Å². The van der Waals surface area contributed by atoms with Crippen LogP contribution < -0.4 is 4.72 Å². The molecule has 0 bridgehead atoms. The highest BCUT2D eigenvalue weighted by Gasteiger charge is 2.15. The van der Waals surface area contributed by atoms with Gasteiger partial charge < -0.3 is 4.79 Å². The van der Waals surface area contributed by atoms with Gasteiger partial charge in [0.05, 0.1) is 6.54 Å². The molecule has 0 aliphatic carbocycles. The summed E-state index contributed by atoms with van der Waals surface area (Å²) in [4.78, 5) is 11.0. The topological polar surface area (TPSA) is 63.2 Å². The molecule has 0 saturated carbocycles. The first-order valence-electron chi connectivity index (χ1n) is 4.12. The summed E-state index contributed by atoms with van der Waals surface area (Å²) in [5.74, 6) is 0. The van der Waals surface area contributed by atoms with Crippen LogP contribution in [0.25, 0.3) is 0 Å².